The molecule has 0 saturated carbocycles. The van der Waals surface area contributed by atoms with E-state index in [0.29, 0.717) is 6.61 Å². The van der Waals surface area contributed by atoms with Crippen LogP contribution in [0.1, 0.15) is 52.1 Å². The second-order valence-corrected chi connectivity index (χ2v) is 8.44. The van der Waals surface area contributed by atoms with Gasteiger partial charge in [-0.05, 0) is 39.3 Å². The van der Waals surface area contributed by atoms with Crippen LogP contribution in [-0.4, -0.2) is 39.0 Å². The van der Waals surface area contributed by atoms with E-state index in [1.807, 2.05) is 26.8 Å². The van der Waals surface area contributed by atoms with Gasteiger partial charge >= 0.3 is 5.97 Å². The van der Waals surface area contributed by atoms with Crippen molar-refractivity contribution in [3.8, 4) is 0 Å². The molecule has 2 atom stereocenters. The molecule has 7 nitrogen and oxygen atoms in total. The minimum atomic E-state index is -1.33. The molecule has 2 N–H and O–H groups in total. The highest BCUT2D eigenvalue weighted by Crippen LogP contribution is 2.19. The van der Waals surface area contributed by atoms with E-state index >= 15 is 0 Å². The maximum atomic E-state index is 12.4. The van der Waals surface area contributed by atoms with E-state index < -0.39 is 21.8 Å². The van der Waals surface area contributed by atoms with Gasteiger partial charge in [-0.2, -0.15) is 0 Å². The van der Waals surface area contributed by atoms with Crippen LogP contribution in [0.15, 0.2) is 24.5 Å². The third kappa shape index (κ3) is 8.22. The van der Waals surface area contributed by atoms with Gasteiger partial charge in [-0.3, -0.25) is 14.6 Å². The fourth-order valence-corrected chi connectivity index (χ4v) is 2.74. The molecule has 0 fully saturated rings. The van der Waals surface area contributed by atoms with Gasteiger partial charge in [-0.15, -0.1) is 0 Å². The number of hydrogen-bond donors (Lipinski definition) is 2. The highest BCUT2D eigenvalue weighted by Gasteiger charge is 2.25. The second kappa shape index (κ2) is 10.2. The number of hydrogen-bond acceptors (Lipinski definition) is 5. The zero-order valence-electron chi connectivity index (χ0n) is 15.2. The molecule has 1 heterocycles. The molecule has 0 aliphatic heterocycles. The molecule has 0 aromatic carbocycles. The smallest absolute Gasteiger partial charge is 0.307 e. The lowest BCUT2D eigenvalue weighted by Crippen LogP contribution is -2.38. The molecule has 8 heteroatoms. The normalized spacial score (nSPS) is 13.8. The Morgan fingerprint density at radius 1 is 1.36 bits per heavy atom. The summed E-state index contributed by atoms with van der Waals surface area (Å²) in [6.45, 7) is 7.83. The number of rotatable bonds is 9. The van der Waals surface area contributed by atoms with Gasteiger partial charge in [0.2, 0.25) is 5.91 Å². The van der Waals surface area contributed by atoms with Crippen LogP contribution in [-0.2, 0) is 25.3 Å². The monoisotopic (exact) mass is 369 g/mol. The van der Waals surface area contributed by atoms with Gasteiger partial charge in [0, 0.05) is 25.4 Å². The minimum absolute atomic E-state index is 0.0936. The van der Waals surface area contributed by atoms with E-state index in [0.717, 1.165) is 5.56 Å². The molecule has 25 heavy (non-hydrogen) atoms. The van der Waals surface area contributed by atoms with Gasteiger partial charge in [0.15, 0.2) is 0 Å². The number of nitrogens with one attached hydrogen (secondary N) is 2. The lowest BCUT2D eigenvalue weighted by molar-refractivity contribution is -0.143. The quantitative estimate of drug-likeness (QED) is 0.645. The Morgan fingerprint density at radius 3 is 2.64 bits per heavy atom. The molecule has 140 valence electrons. The minimum Gasteiger partial charge on any atom is -0.466 e. The molecule has 1 aromatic rings. The van der Waals surface area contributed by atoms with Crippen molar-refractivity contribution >= 4 is 22.9 Å². The Kier molecular flexibility index (Phi) is 8.71. The number of esters is 1. The van der Waals surface area contributed by atoms with Crippen LogP contribution in [0.3, 0.4) is 0 Å². The Labute approximate surface area is 151 Å². The average Bonchev–Trinajstić information content (AvgIpc) is 2.54. The zero-order chi connectivity index (χ0) is 18.9. The third-order valence-corrected chi connectivity index (χ3v) is 4.85. The van der Waals surface area contributed by atoms with Crippen molar-refractivity contribution in [3.63, 3.8) is 0 Å². The summed E-state index contributed by atoms with van der Waals surface area (Å²) in [7, 11) is -1.33. The number of ether oxygens (including phenoxy) is 1. The summed E-state index contributed by atoms with van der Waals surface area (Å²) < 4.78 is 19.8. The first-order valence-electron chi connectivity index (χ1n) is 8.24. The van der Waals surface area contributed by atoms with Gasteiger partial charge in [-0.1, -0.05) is 6.07 Å². The molecule has 0 saturated heterocycles. The standard InChI is InChI=1S/C17H27N3O4S/c1-5-24-16(22)8-10-19-15(21)11-14(13-7-6-9-18-12-13)20-25(23)17(2,3)4/h6-7,9,12,14,20H,5,8,10-11H2,1-4H3,(H,19,21)/t14-,25+/m0/s1. The summed E-state index contributed by atoms with van der Waals surface area (Å²) in [6.07, 6.45) is 3.50. The number of pyridine rings is 1. The van der Waals surface area contributed by atoms with Crippen molar-refractivity contribution < 1.29 is 18.5 Å². The molecular formula is C17H27N3O4S. The number of amides is 1. The molecule has 0 spiro atoms. The van der Waals surface area contributed by atoms with E-state index in [9.17, 15) is 13.8 Å². The van der Waals surface area contributed by atoms with Crippen molar-refractivity contribution in [2.75, 3.05) is 13.2 Å². The van der Waals surface area contributed by atoms with Crippen molar-refractivity contribution in [1.29, 1.82) is 0 Å². The fourth-order valence-electron chi connectivity index (χ4n) is 1.91. The number of nitrogens with zero attached hydrogens (tertiary/aromatic N) is 1. The summed E-state index contributed by atoms with van der Waals surface area (Å²) in [4.78, 5) is 27.5. The molecule has 0 aliphatic carbocycles. The third-order valence-electron chi connectivity index (χ3n) is 3.24. The predicted octanol–water partition coefficient (Wildman–Crippen LogP) is 1.63. The second-order valence-electron chi connectivity index (χ2n) is 6.45. The fraction of sp³-hybridized carbons (Fsp3) is 0.588. The first-order chi connectivity index (χ1) is 11.7. The lowest BCUT2D eigenvalue weighted by atomic mass is 10.1. The van der Waals surface area contributed by atoms with Crippen molar-refractivity contribution in [3.05, 3.63) is 30.1 Å². The Bertz CT molecular complexity index is 587. The number of carbonyl (C=O) groups is 2. The first kappa shape index (κ1) is 21.2. The van der Waals surface area contributed by atoms with Crippen molar-refractivity contribution in [2.45, 2.75) is 51.3 Å². The van der Waals surface area contributed by atoms with Crippen LogP contribution in [0, 0.1) is 0 Å². The van der Waals surface area contributed by atoms with E-state index in [2.05, 4.69) is 15.0 Å². The molecule has 0 radical (unpaired) electrons. The molecule has 0 unspecified atom stereocenters. The predicted molar refractivity (Wildman–Crippen MR) is 96.9 cm³/mol. The van der Waals surface area contributed by atoms with E-state index in [4.69, 9.17) is 4.74 Å². The SMILES string of the molecule is CCOC(=O)CCNC(=O)C[C@H](N[S@](=O)C(C)(C)C)c1cccnc1. The Morgan fingerprint density at radius 2 is 2.08 bits per heavy atom. The van der Waals surface area contributed by atoms with Crippen LogP contribution in [0.4, 0.5) is 0 Å². The number of aromatic nitrogens is 1. The zero-order valence-corrected chi connectivity index (χ0v) is 16.0. The van der Waals surface area contributed by atoms with Crippen LogP contribution in [0.5, 0.6) is 0 Å². The highest BCUT2D eigenvalue weighted by atomic mass is 32.2. The van der Waals surface area contributed by atoms with Gasteiger partial charge in [0.05, 0.1) is 34.8 Å². The molecular weight excluding hydrogens is 342 g/mol. The maximum Gasteiger partial charge on any atom is 0.307 e. The summed E-state index contributed by atoms with van der Waals surface area (Å²) >= 11 is 0. The topological polar surface area (TPSA) is 97.4 Å². The van der Waals surface area contributed by atoms with Crippen LogP contribution >= 0.6 is 0 Å². The summed E-state index contributed by atoms with van der Waals surface area (Å²) in [5.74, 6) is -0.588. The molecule has 0 bridgehead atoms. The Hall–Kier alpha value is -1.80. The maximum absolute atomic E-state index is 12.4. The molecule has 0 aliphatic rings. The Balaban J connectivity index is 2.66. The van der Waals surface area contributed by atoms with Crippen LogP contribution < -0.4 is 10.0 Å². The van der Waals surface area contributed by atoms with Crippen LogP contribution in [0.25, 0.3) is 0 Å². The van der Waals surface area contributed by atoms with Crippen molar-refractivity contribution in [1.82, 2.24) is 15.0 Å². The van der Waals surface area contributed by atoms with E-state index in [-0.39, 0.29) is 31.3 Å². The van der Waals surface area contributed by atoms with Gasteiger partial charge < -0.3 is 10.1 Å². The van der Waals surface area contributed by atoms with E-state index in [1.165, 1.54) is 0 Å². The first-order valence-corrected chi connectivity index (χ1v) is 9.39. The summed E-state index contributed by atoms with van der Waals surface area (Å²) in [5.41, 5.74) is 0.778. The van der Waals surface area contributed by atoms with Crippen molar-refractivity contribution in [2.24, 2.45) is 0 Å². The molecule has 1 amide bonds. The van der Waals surface area contributed by atoms with Gasteiger partial charge in [0.25, 0.3) is 0 Å². The largest absolute Gasteiger partial charge is 0.466 e. The van der Waals surface area contributed by atoms with Crippen LogP contribution in [0.2, 0.25) is 0 Å². The summed E-state index contributed by atoms with van der Waals surface area (Å²) in [5, 5.41) is 2.69. The van der Waals surface area contributed by atoms with E-state index in [1.54, 1.807) is 25.4 Å². The molecule has 1 rings (SSSR count). The van der Waals surface area contributed by atoms with Gasteiger partial charge in [-0.25, -0.2) is 8.93 Å². The number of carbonyl (C=O) groups excluding carboxylic acids is 2. The lowest BCUT2D eigenvalue weighted by Gasteiger charge is -2.24. The van der Waals surface area contributed by atoms with Gasteiger partial charge in [0.1, 0.15) is 0 Å². The highest BCUT2D eigenvalue weighted by molar-refractivity contribution is 7.84. The summed E-state index contributed by atoms with van der Waals surface area (Å²) in [6, 6.07) is 3.16. The molecule has 1 aromatic heterocycles. The average molecular weight is 369 g/mol.